The number of hydrogen-bond acceptors (Lipinski definition) is 4. The monoisotopic (exact) mass is 407 g/mol. The van der Waals surface area contributed by atoms with Gasteiger partial charge in [-0.1, -0.05) is 20.8 Å². The minimum Gasteiger partial charge on any atom is -0.460 e. The molecule has 4 unspecified atom stereocenters. The van der Waals surface area contributed by atoms with Crippen LogP contribution in [0.2, 0.25) is 0 Å². The van der Waals surface area contributed by atoms with Gasteiger partial charge in [0, 0.05) is 24.4 Å². The Bertz CT molecular complexity index is 680. The number of esters is 1. The first kappa shape index (κ1) is 22.4. The van der Waals surface area contributed by atoms with Crippen LogP contribution in [0.15, 0.2) is 0 Å². The second kappa shape index (κ2) is 6.62. The predicted molar refractivity (Wildman–Crippen MR) is 113 cm³/mol. The molecule has 0 aromatic carbocycles. The third kappa shape index (κ3) is 4.44. The molecule has 4 saturated carbocycles. The summed E-state index contributed by atoms with van der Waals surface area (Å²) in [7, 11) is 0. The van der Waals surface area contributed by atoms with Crippen molar-refractivity contribution >= 4 is 12.1 Å². The Labute approximate surface area is 176 Å². The molecule has 0 radical (unpaired) electrons. The molecule has 166 valence electrons. The Morgan fingerprint density at radius 1 is 0.966 bits per heavy atom. The molecule has 4 rings (SSSR count). The van der Waals surface area contributed by atoms with E-state index in [-0.39, 0.29) is 28.9 Å². The van der Waals surface area contributed by atoms with E-state index in [0.29, 0.717) is 18.9 Å². The van der Waals surface area contributed by atoms with E-state index in [4.69, 9.17) is 9.47 Å². The lowest BCUT2D eigenvalue weighted by Gasteiger charge is -2.43. The average molecular weight is 408 g/mol. The van der Waals surface area contributed by atoms with Crippen LogP contribution in [0.1, 0.15) is 94.4 Å². The van der Waals surface area contributed by atoms with Crippen LogP contribution < -0.4 is 0 Å². The van der Waals surface area contributed by atoms with Gasteiger partial charge in [0.15, 0.2) is 0 Å². The molecule has 0 spiro atoms. The molecule has 0 saturated heterocycles. The molecule has 0 heterocycles. The molecule has 4 atom stereocenters. The molecule has 0 aromatic heterocycles. The molecule has 5 heteroatoms. The van der Waals surface area contributed by atoms with Crippen molar-refractivity contribution in [2.24, 2.45) is 22.7 Å². The molecule has 4 aliphatic carbocycles. The van der Waals surface area contributed by atoms with Gasteiger partial charge in [0.2, 0.25) is 0 Å². The van der Waals surface area contributed by atoms with Gasteiger partial charge < -0.3 is 14.4 Å². The zero-order valence-corrected chi connectivity index (χ0v) is 20.0. The van der Waals surface area contributed by atoms with Crippen molar-refractivity contribution in [1.29, 1.82) is 0 Å². The first-order chi connectivity index (χ1) is 12.9. The Balaban J connectivity index is 1.81. The quantitative estimate of drug-likeness (QED) is 0.575. The molecule has 0 aromatic rings. The van der Waals surface area contributed by atoms with Crippen LogP contribution in [0.5, 0.6) is 0 Å². The van der Waals surface area contributed by atoms with Crippen LogP contribution in [0.25, 0.3) is 0 Å². The lowest BCUT2D eigenvalue weighted by Crippen LogP contribution is -2.53. The minimum absolute atomic E-state index is 0.0192. The SMILES string of the molecule is CC(C)(C)CN(C(=O)OC12CC3CC1CC(C(=O)OC(C)(C)C)(C3)C2)C(C)(C)C. The number of nitrogens with zero attached hydrogens (tertiary/aromatic N) is 1. The predicted octanol–water partition coefficient (Wildman–Crippen LogP) is 5.56. The molecule has 4 fully saturated rings. The van der Waals surface area contributed by atoms with Gasteiger partial charge in [0.05, 0.1) is 5.41 Å². The van der Waals surface area contributed by atoms with Crippen molar-refractivity contribution in [2.75, 3.05) is 6.54 Å². The van der Waals surface area contributed by atoms with Crippen LogP contribution >= 0.6 is 0 Å². The Morgan fingerprint density at radius 3 is 2.10 bits per heavy atom. The largest absolute Gasteiger partial charge is 0.460 e. The maximum Gasteiger partial charge on any atom is 0.410 e. The summed E-state index contributed by atoms with van der Waals surface area (Å²) >= 11 is 0. The summed E-state index contributed by atoms with van der Waals surface area (Å²) < 4.78 is 12.1. The Hall–Kier alpha value is -1.26. The fourth-order valence-corrected chi connectivity index (χ4v) is 5.89. The van der Waals surface area contributed by atoms with Crippen LogP contribution in [-0.4, -0.2) is 40.2 Å². The number of rotatable bonds is 3. The molecule has 4 bridgehead atoms. The smallest absolute Gasteiger partial charge is 0.410 e. The second-order valence-corrected chi connectivity index (χ2v) is 13.1. The fourth-order valence-electron chi connectivity index (χ4n) is 5.89. The van der Waals surface area contributed by atoms with Crippen molar-refractivity contribution in [1.82, 2.24) is 4.90 Å². The summed E-state index contributed by atoms with van der Waals surface area (Å²) in [6, 6.07) is 0. The first-order valence-electron chi connectivity index (χ1n) is 11.2. The lowest BCUT2D eigenvalue weighted by atomic mass is 9.69. The van der Waals surface area contributed by atoms with Gasteiger partial charge in [0.25, 0.3) is 0 Å². The molecule has 4 aliphatic rings. The van der Waals surface area contributed by atoms with Crippen molar-refractivity contribution < 1.29 is 19.1 Å². The fraction of sp³-hybridized carbons (Fsp3) is 0.917. The summed E-state index contributed by atoms with van der Waals surface area (Å²) in [6.07, 6.45) is 4.01. The van der Waals surface area contributed by atoms with Gasteiger partial charge in [0.1, 0.15) is 11.2 Å². The van der Waals surface area contributed by atoms with Crippen molar-refractivity contribution in [3.63, 3.8) is 0 Å². The number of ether oxygens (including phenoxy) is 2. The average Bonchev–Trinajstić information content (AvgIpc) is 2.83. The maximum absolute atomic E-state index is 13.4. The van der Waals surface area contributed by atoms with E-state index in [1.165, 1.54) is 0 Å². The molecular weight excluding hydrogens is 366 g/mol. The van der Waals surface area contributed by atoms with Gasteiger partial charge >= 0.3 is 12.1 Å². The van der Waals surface area contributed by atoms with Gasteiger partial charge in [-0.25, -0.2) is 4.79 Å². The summed E-state index contributed by atoms with van der Waals surface area (Å²) in [6.45, 7) is 19.0. The summed E-state index contributed by atoms with van der Waals surface area (Å²) in [4.78, 5) is 28.3. The van der Waals surface area contributed by atoms with E-state index in [2.05, 4.69) is 41.5 Å². The third-order valence-electron chi connectivity index (χ3n) is 6.74. The van der Waals surface area contributed by atoms with Gasteiger partial charge in [-0.3, -0.25) is 4.79 Å². The highest BCUT2D eigenvalue weighted by molar-refractivity contribution is 5.79. The summed E-state index contributed by atoms with van der Waals surface area (Å²) in [5.74, 6) is 0.627. The van der Waals surface area contributed by atoms with Crippen molar-refractivity contribution in [3.8, 4) is 0 Å². The normalized spacial score (nSPS) is 33.7. The van der Waals surface area contributed by atoms with E-state index in [0.717, 1.165) is 25.7 Å². The third-order valence-corrected chi connectivity index (χ3v) is 6.74. The summed E-state index contributed by atoms with van der Waals surface area (Å²) in [5, 5.41) is 0. The molecule has 29 heavy (non-hydrogen) atoms. The standard InChI is InChI=1S/C24H41NO4/c1-20(2,3)15-25(21(4,5)6)19(27)29-24-12-16-10-17(24)13-23(11-16,14-24)18(26)28-22(7,8)9/h16-17H,10-15H2,1-9H3. The topological polar surface area (TPSA) is 55.8 Å². The van der Waals surface area contributed by atoms with E-state index < -0.39 is 16.6 Å². The van der Waals surface area contributed by atoms with E-state index in [1.54, 1.807) is 0 Å². The summed E-state index contributed by atoms with van der Waals surface area (Å²) in [5.41, 5.74) is -1.81. The molecule has 0 aliphatic heterocycles. The highest BCUT2D eigenvalue weighted by atomic mass is 16.6. The van der Waals surface area contributed by atoms with Crippen LogP contribution in [0, 0.1) is 22.7 Å². The van der Waals surface area contributed by atoms with Crippen molar-refractivity contribution in [2.45, 2.75) is 111 Å². The van der Waals surface area contributed by atoms with Gasteiger partial charge in [-0.15, -0.1) is 0 Å². The molecule has 5 nitrogen and oxygen atoms in total. The van der Waals surface area contributed by atoms with Crippen molar-refractivity contribution in [3.05, 3.63) is 0 Å². The second-order valence-electron chi connectivity index (χ2n) is 13.1. The molecule has 0 N–H and O–H groups in total. The van der Waals surface area contributed by atoms with E-state index in [9.17, 15) is 9.59 Å². The van der Waals surface area contributed by atoms with E-state index >= 15 is 0 Å². The maximum atomic E-state index is 13.4. The number of carbonyl (C=O) groups is 2. The highest BCUT2D eigenvalue weighted by Crippen LogP contribution is 2.68. The molecular formula is C24H41NO4. The van der Waals surface area contributed by atoms with Crippen LogP contribution in [0.3, 0.4) is 0 Å². The number of carbonyl (C=O) groups excluding carboxylic acids is 2. The van der Waals surface area contributed by atoms with Crippen LogP contribution in [0.4, 0.5) is 4.79 Å². The van der Waals surface area contributed by atoms with E-state index in [1.807, 2.05) is 25.7 Å². The number of amides is 1. The minimum atomic E-state index is -0.502. The van der Waals surface area contributed by atoms with Gasteiger partial charge in [-0.05, 0) is 78.6 Å². The van der Waals surface area contributed by atoms with Crippen LogP contribution in [-0.2, 0) is 14.3 Å². The zero-order valence-electron chi connectivity index (χ0n) is 20.0. The highest BCUT2D eigenvalue weighted by Gasteiger charge is 2.69. The zero-order chi connectivity index (χ0) is 22.0. The lowest BCUT2D eigenvalue weighted by molar-refractivity contribution is -0.172. The Kier molecular flexibility index (Phi) is 5.12. The number of hydrogen-bond donors (Lipinski definition) is 0. The molecule has 1 amide bonds. The first-order valence-corrected chi connectivity index (χ1v) is 11.2. The Morgan fingerprint density at radius 2 is 1.59 bits per heavy atom. The van der Waals surface area contributed by atoms with Gasteiger partial charge in [-0.2, -0.15) is 0 Å².